The molecule has 2 aromatic rings. The average Bonchev–Trinajstić information content (AvgIpc) is 2.37. The van der Waals surface area contributed by atoms with Gasteiger partial charge in [-0.05, 0) is 53.4 Å². The molecule has 1 heterocycles. The van der Waals surface area contributed by atoms with Crippen molar-refractivity contribution in [1.82, 2.24) is 0 Å². The fourth-order valence-corrected chi connectivity index (χ4v) is 2.10. The molecule has 0 aliphatic rings. The highest BCUT2D eigenvalue weighted by Crippen LogP contribution is 2.30. The van der Waals surface area contributed by atoms with Crippen LogP contribution < -0.4 is 5.63 Å². The average molecular weight is 348 g/mol. The number of ether oxygens (including phenoxy) is 1. The van der Waals surface area contributed by atoms with Gasteiger partial charge in [0.1, 0.15) is 5.58 Å². The maximum absolute atomic E-state index is 12.1. The minimum absolute atomic E-state index is 0.142. The van der Waals surface area contributed by atoms with Gasteiger partial charge in [0, 0.05) is 17.0 Å². The third-order valence-electron chi connectivity index (χ3n) is 2.67. The number of hydrogen-bond acceptors (Lipinski definition) is 4. The molecule has 2 rings (SSSR count). The first-order valence-corrected chi connectivity index (χ1v) is 6.92. The molecule has 0 aliphatic carbocycles. The van der Waals surface area contributed by atoms with E-state index in [1.54, 1.807) is 18.2 Å². The van der Waals surface area contributed by atoms with Crippen LogP contribution >= 0.6 is 34.8 Å². The van der Waals surface area contributed by atoms with Gasteiger partial charge in [0.25, 0.3) is 0 Å². The Morgan fingerprint density at radius 1 is 1.29 bits per heavy atom. The molecule has 1 aromatic carbocycles. The molecule has 0 fully saturated rings. The summed E-state index contributed by atoms with van der Waals surface area (Å²) in [6.07, 6.45) is 1.85. The van der Waals surface area contributed by atoms with Crippen LogP contribution in [0.25, 0.3) is 11.0 Å². The molecule has 110 valence electrons. The van der Waals surface area contributed by atoms with Crippen molar-refractivity contribution in [3.63, 3.8) is 0 Å². The summed E-state index contributed by atoms with van der Waals surface area (Å²) in [5, 5.41) is 0.664. The quantitative estimate of drug-likeness (QED) is 0.364. The summed E-state index contributed by atoms with van der Waals surface area (Å²) >= 11 is 16.3. The topological polar surface area (TPSA) is 56.5 Å². The van der Waals surface area contributed by atoms with Crippen molar-refractivity contribution >= 4 is 51.7 Å². The lowest BCUT2D eigenvalue weighted by Gasteiger charge is -2.14. The molecule has 0 aliphatic heterocycles. The normalized spacial score (nSPS) is 11.4. The summed E-state index contributed by atoms with van der Waals surface area (Å²) in [7, 11) is 0. The molecule has 0 bridgehead atoms. The molecular weight excluding hydrogens is 339 g/mol. The van der Waals surface area contributed by atoms with Gasteiger partial charge in [-0.1, -0.05) is 12.1 Å². The Morgan fingerprint density at radius 3 is 2.57 bits per heavy atom. The van der Waals surface area contributed by atoms with Gasteiger partial charge in [0.15, 0.2) is 0 Å². The number of hydrogen-bond donors (Lipinski definition) is 0. The van der Waals surface area contributed by atoms with E-state index in [0.717, 1.165) is 0 Å². The van der Waals surface area contributed by atoms with Crippen LogP contribution in [0.4, 0.5) is 0 Å². The molecule has 7 heteroatoms. The highest BCUT2D eigenvalue weighted by molar-refractivity contribution is 6.66. The van der Waals surface area contributed by atoms with E-state index >= 15 is 0 Å². The molecule has 0 unspecified atom stereocenters. The Kier molecular flexibility index (Phi) is 4.61. The zero-order chi connectivity index (χ0) is 15.6. The summed E-state index contributed by atoms with van der Waals surface area (Å²) in [5.41, 5.74) is 0.336. The Hall–Kier alpha value is -1.49. The van der Waals surface area contributed by atoms with E-state index in [2.05, 4.69) is 6.58 Å². The molecule has 0 amide bonds. The molecule has 21 heavy (non-hydrogen) atoms. The van der Waals surface area contributed by atoms with Crippen molar-refractivity contribution in [3.8, 4) is 0 Å². The van der Waals surface area contributed by atoms with E-state index in [9.17, 15) is 9.59 Å². The van der Waals surface area contributed by atoms with Crippen molar-refractivity contribution in [2.24, 2.45) is 0 Å². The van der Waals surface area contributed by atoms with Gasteiger partial charge in [-0.25, -0.2) is 9.59 Å². The zero-order valence-corrected chi connectivity index (χ0v) is 12.8. The fraction of sp³-hybridized carbons (Fsp3) is 0.143. The number of rotatable bonds is 3. The Morgan fingerprint density at radius 2 is 1.95 bits per heavy atom. The lowest BCUT2D eigenvalue weighted by Crippen LogP contribution is -2.17. The summed E-state index contributed by atoms with van der Waals surface area (Å²) < 4.78 is 7.68. The summed E-state index contributed by atoms with van der Waals surface area (Å²) in [4.78, 5) is 23.4. The fourth-order valence-electron chi connectivity index (χ4n) is 1.89. The van der Waals surface area contributed by atoms with Gasteiger partial charge < -0.3 is 9.15 Å². The zero-order valence-electron chi connectivity index (χ0n) is 10.6. The first-order chi connectivity index (χ1) is 9.81. The summed E-state index contributed by atoms with van der Waals surface area (Å²) in [6.45, 7) is 3.61. The predicted molar refractivity (Wildman–Crippen MR) is 82.1 cm³/mol. The summed E-state index contributed by atoms with van der Waals surface area (Å²) in [6, 6.07) is 6.01. The van der Waals surface area contributed by atoms with Crippen molar-refractivity contribution < 1.29 is 13.9 Å². The molecule has 0 saturated carbocycles. The van der Waals surface area contributed by atoms with E-state index in [1.165, 1.54) is 12.1 Å². The van der Waals surface area contributed by atoms with Crippen LogP contribution in [-0.4, -0.2) is 9.95 Å². The monoisotopic (exact) mass is 346 g/mol. The lowest BCUT2D eigenvalue weighted by atomic mass is 10.0. The standard InChI is InChI=1S/C14H9Cl3O4/c1-2-3-9-10(13(19)21-14(15,16)17)6-4-8-5-7-11(18)20-12(8)9/h2,4-7H,1,3H2. The minimum Gasteiger partial charge on any atom is -0.422 e. The van der Waals surface area contributed by atoms with E-state index in [-0.39, 0.29) is 17.6 Å². The molecular formula is C14H9Cl3O4. The molecule has 0 radical (unpaired) electrons. The van der Waals surface area contributed by atoms with Crippen LogP contribution in [0, 0.1) is 0 Å². The van der Waals surface area contributed by atoms with Crippen LogP contribution in [0.3, 0.4) is 0 Å². The first kappa shape index (κ1) is 15.9. The minimum atomic E-state index is -2.17. The van der Waals surface area contributed by atoms with Crippen LogP contribution in [0.15, 0.2) is 46.1 Å². The van der Waals surface area contributed by atoms with Gasteiger partial charge in [-0.2, -0.15) is 0 Å². The molecule has 0 saturated heterocycles. The van der Waals surface area contributed by atoms with E-state index in [1.807, 2.05) is 0 Å². The van der Waals surface area contributed by atoms with E-state index in [4.69, 9.17) is 44.0 Å². The van der Waals surface area contributed by atoms with Gasteiger partial charge in [0.05, 0.1) is 5.56 Å². The van der Waals surface area contributed by atoms with Gasteiger partial charge >= 0.3 is 15.6 Å². The second-order valence-corrected chi connectivity index (χ2v) is 6.27. The second kappa shape index (κ2) is 6.10. The van der Waals surface area contributed by atoms with Crippen molar-refractivity contribution in [3.05, 3.63) is 58.5 Å². The highest BCUT2D eigenvalue weighted by atomic mass is 35.6. The number of benzene rings is 1. The van der Waals surface area contributed by atoms with Crippen molar-refractivity contribution in [1.29, 1.82) is 0 Å². The number of alkyl halides is 3. The largest absolute Gasteiger partial charge is 0.422 e. The predicted octanol–water partition coefficient (Wildman–Crippen LogP) is 4.01. The number of esters is 1. The first-order valence-electron chi connectivity index (χ1n) is 5.78. The Balaban J connectivity index is 2.63. The second-order valence-electron chi connectivity index (χ2n) is 4.09. The third-order valence-corrected chi connectivity index (χ3v) is 2.90. The van der Waals surface area contributed by atoms with Gasteiger partial charge in [-0.15, -0.1) is 6.58 Å². The highest BCUT2D eigenvalue weighted by Gasteiger charge is 2.28. The van der Waals surface area contributed by atoms with Gasteiger partial charge in [0.2, 0.25) is 0 Å². The van der Waals surface area contributed by atoms with Crippen LogP contribution in [0.1, 0.15) is 15.9 Å². The van der Waals surface area contributed by atoms with Crippen molar-refractivity contribution in [2.45, 2.75) is 10.4 Å². The number of fused-ring (bicyclic) bond motifs is 1. The summed E-state index contributed by atoms with van der Waals surface area (Å²) in [5.74, 6) is -0.833. The van der Waals surface area contributed by atoms with E-state index < -0.39 is 15.6 Å². The molecule has 4 nitrogen and oxygen atoms in total. The molecule has 0 spiro atoms. The van der Waals surface area contributed by atoms with E-state index in [0.29, 0.717) is 10.9 Å². The maximum atomic E-state index is 12.1. The Labute approximate surface area is 134 Å². The number of carbonyl (C=O) groups excluding carboxylic acids is 1. The van der Waals surface area contributed by atoms with Crippen LogP contribution in [0.2, 0.25) is 0 Å². The Bertz CT molecular complexity index is 759. The lowest BCUT2D eigenvalue weighted by molar-refractivity contribution is 0.0490. The smallest absolute Gasteiger partial charge is 0.342 e. The molecule has 0 atom stereocenters. The number of carbonyl (C=O) groups is 1. The van der Waals surface area contributed by atoms with Gasteiger partial charge in [-0.3, -0.25) is 0 Å². The maximum Gasteiger partial charge on any atom is 0.342 e. The number of allylic oxidation sites excluding steroid dienone is 1. The molecule has 0 N–H and O–H groups in total. The third kappa shape index (κ3) is 3.79. The van der Waals surface area contributed by atoms with Crippen LogP contribution in [0.5, 0.6) is 0 Å². The molecule has 1 aromatic heterocycles. The SMILES string of the molecule is C=CCc1c(C(=O)OC(Cl)(Cl)Cl)ccc2ccc(=O)oc12. The van der Waals surface area contributed by atoms with Crippen LogP contribution in [-0.2, 0) is 11.2 Å². The van der Waals surface area contributed by atoms with Crippen molar-refractivity contribution in [2.75, 3.05) is 0 Å². The number of halogens is 3.